The molecule has 1 unspecified atom stereocenters. The first-order valence-electron chi connectivity index (χ1n) is 9.48. The molecule has 7 heteroatoms. The smallest absolute Gasteiger partial charge is 0.187 e. The topological polar surface area (TPSA) is 67.1 Å². The van der Waals surface area contributed by atoms with Crippen molar-refractivity contribution in [1.29, 1.82) is 0 Å². The third-order valence-electron chi connectivity index (χ3n) is 5.64. The molecule has 3 atom stereocenters. The molecule has 2 saturated heterocycles. The average Bonchev–Trinajstić information content (AvgIpc) is 3.17. The van der Waals surface area contributed by atoms with Crippen molar-refractivity contribution in [1.82, 2.24) is 24.4 Å². The number of piperidine rings is 1. The average molecular weight is 374 g/mol. The van der Waals surface area contributed by atoms with E-state index in [9.17, 15) is 5.11 Å². The Balaban J connectivity index is 1.45. The monoisotopic (exact) mass is 373 g/mol. The molecule has 1 N–H and O–H groups in total. The Kier molecular flexibility index (Phi) is 5.03. The Morgan fingerprint density at radius 3 is 2.46 bits per heavy atom. The number of hydrogen-bond donors (Lipinski definition) is 1. The molecule has 0 spiro atoms. The summed E-state index contributed by atoms with van der Waals surface area (Å²) in [5.41, 5.74) is 0.350. The summed E-state index contributed by atoms with van der Waals surface area (Å²) in [6, 6.07) is 0.786. The lowest BCUT2D eigenvalue weighted by Gasteiger charge is -2.43. The normalized spacial score (nSPS) is 28.6. The number of thioether (sulfide) groups is 1. The molecule has 26 heavy (non-hydrogen) atoms. The summed E-state index contributed by atoms with van der Waals surface area (Å²) in [5, 5.41) is 12.1. The van der Waals surface area contributed by atoms with E-state index in [1.165, 1.54) is 0 Å². The molecule has 0 radical (unpaired) electrons. The number of nitrogens with zero attached hydrogens (tertiary/aromatic N) is 5. The number of rotatable bonds is 6. The van der Waals surface area contributed by atoms with E-state index < -0.39 is 5.60 Å². The van der Waals surface area contributed by atoms with Gasteiger partial charge in [0, 0.05) is 61.8 Å². The van der Waals surface area contributed by atoms with Gasteiger partial charge in [0.1, 0.15) is 11.4 Å². The summed E-state index contributed by atoms with van der Waals surface area (Å²) in [6.07, 6.45) is 12.5. The fraction of sp³-hybridized carbons (Fsp3) is 0.632. The van der Waals surface area contributed by atoms with Crippen molar-refractivity contribution in [3.63, 3.8) is 0 Å². The molecule has 2 aromatic rings. The summed E-state index contributed by atoms with van der Waals surface area (Å²) in [5.74, 6) is 1.86. The van der Waals surface area contributed by atoms with E-state index in [2.05, 4.69) is 26.8 Å². The Morgan fingerprint density at radius 1 is 1.19 bits per heavy atom. The molecule has 4 rings (SSSR count). The molecule has 0 aliphatic carbocycles. The summed E-state index contributed by atoms with van der Waals surface area (Å²) in [4.78, 5) is 16.0. The van der Waals surface area contributed by atoms with Crippen molar-refractivity contribution in [2.45, 2.75) is 68.4 Å². The van der Waals surface area contributed by atoms with Gasteiger partial charge in [-0.15, -0.1) is 0 Å². The van der Waals surface area contributed by atoms with Crippen molar-refractivity contribution >= 4 is 11.8 Å². The molecule has 2 aliphatic rings. The van der Waals surface area contributed by atoms with E-state index in [4.69, 9.17) is 0 Å². The van der Waals surface area contributed by atoms with Crippen LogP contribution in [0, 0.1) is 0 Å². The summed E-state index contributed by atoms with van der Waals surface area (Å²) >= 11 is 1.71. The second-order valence-electron chi connectivity index (χ2n) is 7.58. The zero-order chi connectivity index (χ0) is 18.1. The zero-order valence-corrected chi connectivity index (χ0v) is 16.3. The molecule has 2 aromatic heterocycles. The maximum absolute atomic E-state index is 11.3. The van der Waals surface area contributed by atoms with Crippen LogP contribution in [-0.4, -0.2) is 47.4 Å². The van der Waals surface area contributed by atoms with E-state index in [0.29, 0.717) is 12.1 Å². The van der Waals surface area contributed by atoms with Gasteiger partial charge in [-0.1, -0.05) is 18.7 Å². The van der Waals surface area contributed by atoms with E-state index in [0.717, 1.165) is 60.9 Å². The Hall–Kier alpha value is -1.44. The van der Waals surface area contributed by atoms with Gasteiger partial charge in [0.2, 0.25) is 0 Å². The molecule has 6 nitrogen and oxygen atoms in total. The van der Waals surface area contributed by atoms with Crippen molar-refractivity contribution in [2.75, 3.05) is 5.75 Å². The lowest BCUT2D eigenvalue weighted by Crippen LogP contribution is -2.50. The van der Waals surface area contributed by atoms with Crippen LogP contribution in [0.25, 0.3) is 0 Å². The molecule has 0 amide bonds. The molecular formula is C19H27N5OS. The molecule has 2 fully saturated rings. The van der Waals surface area contributed by atoms with Crippen LogP contribution >= 0.6 is 11.8 Å². The van der Waals surface area contributed by atoms with Crippen LogP contribution in [0.2, 0.25) is 0 Å². The quantitative estimate of drug-likeness (QED) is 0.620. The van der Waals surface area contributed by atoms with Gasteiger partial charge in [-0.3, -0.25) is 4.90 Å². The highest BCUT2D eigenvalue weighted by molar-refractivity contribution is 7.99. The minimum absolute atomic E-state index is 0.393. The first-order valence-corrected chi connectivity index (χ1v) is 10.5. The van der Waals surface area contributed by atoms with Gasteiger partial charge in [-0.05, 0) is 32.1 Å². The van der Waals surface area contributed by atoms with Crippen LogP contribution < -0.4 is 0 Å². The maximum atomic E-state index is 11.3. The summed E-state index contributed by atoms with van der Waals surface area (Å²) < 4.78 is 1.95. The highest BCUT2D eigenvalue weighted by atomic mass is 32.2. The van der Waals surface area contributed by atoms with E-state index in [-0.39, 0.29) is 0 Å². The standard InChI is InChI=1S/C19H27N5OS/c1-3-8-26-18-21-11-14(12-22-18)13-24-15-4-5-16(24)10-19(25,9-15)17-20-6-7-23(17)2/h6-7,11-12,15-16,25H,3-5,8-10,13H2,1-2H3/t15-,16+,19?. The van der Waals surface area contributed by atoms with Gasteiger partial charge in [-0.25, -0.2) is 15.0 Å². The molecule has 2 aliphatic heterocycles. The van der Waals surface area contributed by atoms with E-state index in [1.54, 1.807) is 18.0 Å². The van der Waals surface area contributed by atoms with Gasteiger partial charge in [0.25, 0.3) is 0 Å². The van der Waals surface area contributed by atoms with Crippen LogP contribution in [0.5, 0.6) is 0 Å². The fourth-order valence-corrected chi connectivity index (χ4v) is 5.12. The van der Waals surface area contributed by atoms with Crippen molar-refractivity contribution < 1.29 is 5.11 Å². The van der Waals surface area contributed by atoms with Crippen LogP contribution in [0.15, 0.2) is 29.9 Å². The Labute approximate surface area is 159 Å². The van der Waals surface area contributed by atoms with E-state index >= 15 is 0 Å². The third-order valence-corrected chi connectivity index (χ3v) is 6.72. The molecule has 4 heterocycles. The number of aromatic nitrogens is 4. The number of hydrogen-bond acceptors (Lipinski definition) is 6. The van der Waals surface area contributed by atoms with Crippen molar-refractivity contribution in [2.24, 2.45) is 7.05 Å². The Morgan fingerprint density at radius 2 is 1.88 bits per heavy atom. The second kappa shape index (κ2) is 7.29. The van der Waals surface area contributed by atoms with Crippen LogP contribution in [0.1, 0.15) is 50.4 Å². The van der Waals surface area contributed by atoms with Crippen LogP contribution in [0.3, 0.4) is 0 Å². The third kappa shape index (κ3) is 3.40. The number of aryl methyl sites for hydroxylation is 1. The minimum Gasteiger partial charge on any atom is -0.382 e. The number of imidazole rings is 1. The fourth-order valence-electron chi connectivity index (χ4n) is 4.47. The zero-order valence-electron chi connectivity index (χ0n) is 15.5. The molecule has 0 aromatic carbocycles. The maximum Gasteiger partial charge on any atom is 0.187 e. The lowest BCUT2D eigenvalue weighted by molar-refractivity contribution is -0.0670. The first-order chi connectivity index (χ1) is 12.6. The van der Waals surface area contributed by atoms with Crippen molar-refractivity contribution in [3.05, 3.63) is 36.2 Å². The predicted molar refractivity (Wildman–Crippen MR) is 102 cm³/mol. The van der Waals surface area contributed by atoms with Gasteiger partial charge < -0.3 is 9.67 Å². The predicted octanol–water partition coefficient (Wildman–Crippen LogP) is 2.73. The highest BCUT2D eigenvalue weighted by Gasteiger charge is 2.49. The molecular weight excluding hydrogens is 346 g/mol. The van der Waals surface area contributed by atoms with E-state index in [1.807, 2.05) is 30.2 Å². The summed E-state index contributed by atoms with van der Waals surface area (Å²) in [7, 11) is 1.96. The Bertz CT molecular complexity index is 733. The van der Waals surface area contributed by atoms with Gasteiger partial charge >= 0.3 is 0 Å². The first kappa shape index (κ1) is 17.9. The van der Waals surface area contributed by atoms with Crippen molar-refractivity contribution in [3.8, 4) is 0 Å². The van der Waals surface area contributed by atoms with Gasteiger partial charge in [-0.2, -0.15) is 0 Å². The van der Waals surface area contributed by atoms with Gasteiger partial charge in [0.05, 0.1) is 0 Å². The summed E-state index contributed by atoms with van der Waals surface area (Å²) in [6.45, 7) is 3.03. The lowest BCUT2D eigenvalue weighted by atomic mass is 9.85. The SMILES string of the molecule is CCCSc1ncc(CN2[C@@H]3CC[C@H]2CC(O)(c2nccn2C)C3)cn1. The molecule has 0 saturated carbocycles. The molecule has 140 valence electrons. The van der Waals surface area contributed by atoms with Gasteiger partial charge in [0.15, 0.2) is 5.16 Å². The van der Waals surface area contributed by atoms with Crippen LogP contribution in [-0.2, 0) is 19.2 Å². The largest absolute Gasteiger partial charge is 0.382 e. The minimum atomic E-state index is -0.808. The second-order valence-corrected chi connectivity index (χ2v) is 8.64. The number of fused-ring (bicyclic) bond motifs is 2. The highest BCUT2D eigenvalue weighted by Crippen LogP contribution is 2.45. The van der Waals surface area contributed by atoms with Crippen LogP contribution in [0.4, 0.5) is 0 Å². The molecule has 2 bridgehead atoms. The number of aliphatic hydroxyl groups is 1.